The fraction of sp³-hybridized carbons (Fsp3) is 0.458. The van der Waals surface area contributed by atoms with E-state index in [2.05, 4.69) is 56.2 Å². The molecule has 1 atom stereocenters. The molecule has 0 aliphatic carbocycles. The molecule has 3 aromatic rings. The van der Waals surface area contributed by atoms with Crippen LogP contribution in [0.4, 0.5) is 5.95 Å². The molecule has 6 nitrogen and oxygen atoms in total. The zero-order valence-corrected chi connectivity index (χ0v) is 17.7. The number of nitrogens with zero attached hydrogens (tertiary/aromatic N) is 5. The van der Waals surface area contributed by atoms with Crippen molar-refractivity contribution >= 4 is 5.95 Å². The van der Waals surface area contributed by atoms with Gasteiger partial charge in [-0.15, -0.1) is 0 Å². The average molecular weight is 403 g/mol. The summed E-state index contributed by atoms with van der Waals surface area (Å²) in [5.41, 5.74) is 6.04. The van der Waals surface area contributed by atoms with Gasteiger partial charge in [-0.3, -0.25) is 10.00 Å². The van der Waals surface area contributed by atoms with E-state index >= 15 is 0 Å². The first-order valence-electron chi connectivity index (χ1n) is 11.2. The Balaban J connectivity index is 1.34. The number of aromatic nitrogens is 4. The quantitative estimate of drug-likeness (QED) is 0.694. The van der Waals surface area contributed by atoms with Crippen molar-refractivity contribution in [1.82, 2.24) is 25.1 Å². The van der Waals surface area contributed by atoms with Crippen LogP contribution in [0.25, 0.3) is 11.3 Å². The molecular formula is C24H30N6. The smallest absolute Gasteiger partial charge is 0.225 e. The second-order valence-electron chi connectivity index (χ2n) is 8.70. The van der Waals surface area contributed by atoms with Gasteiger partial charge in [0.25, 0.3) is 0 Å². The number of aryl methyl sites for hydroxylation is 1. The fourth-order valence-electron chi connectivity index (χ4n) is 4.88. The molecular weight excluding hydrogens is 372 g/mol. The Hall–Kier alpha value is -2.73. The third kappa shape index (κ3) is 4.10. The highest BCUT2D eigenvalue weighted by Gasteiger charge is 2.26. The second-order valence-corrected chi connectivity index (χ2v) is 8.70. The predicted molar refractivity (Wildman–Crippen MR) is 119 cm³/mol. The number of hydrogen-bond acceptors (Lipinski definition) is 5. The lowest BCUT2D eigenvalue weighted by Gasteiger charge is -2.32. The minimum Gasteiger partial charge on any atom is -0.341 e. The molecule has 5 rings (SSSR count). The van der Waals surface area contributed by atoms with Gasteiger partial charge in [0.05, 0.1) is 11.9 Å². The van der Waals surface area contributed by atoms with Gasteiger partial charge >= 0.3 is 0 Å². The number of rotatable bonds is 5. The van der Waals surface area contributed by atoms with Gasteiger partial charge in [-0.05, 0) is 50.8 Å². The van der Waals surface area contributed by atoms with Crippen LogP contribution in [0.3, 0.4) is 0 Å². The molecule has 2 fully saturated rings. The molecule has 0 spiro atoms. The largest absolute Gasteiger partial charge is 0.341 e. The van der Waals surface area contributed by atoms with Crippen molar-refractivity contribution in [2.24, 2.45) is 0 Å². The fourth-order valence-corrected chi connectivity index (χ4v) is 4.88. The monoisotopic (exact) mass is 402 g/mol. The lowest BCUT2D eigenvalue weighted by atomic mass is 9.91. The molecule has 30 heavy (non-hydrogen) atoms. The van der Waals surface area contributed by atoms with E-state index in [0.29, 0.717) is 5.92 Å². The van der Waals surface area contributed by atoms with Crippen LogP contribution < -0.4 is 4.90 Å². The summed E-state index contributed by atoms with van der Waals surface area (Å²) >= 11 is 0. The second kappa shape index (κ2) is 8.56. The highest BCUT2D eigenvalue weighted by molar-refractivity contribution is 5.63. The minimum absolute atomic E-state index is 0.450. The number of benzene rings is 1. The summed E-state index contributed by atoms with van der Waals surface area (Å²) in [4.78, 5) is 14.3. The van der Waals surface area contributed by atoms with Crippen molar-refractivity contribution in [1.29, 1.82) is 0 Å². The summed E-state index contributed by atoms with van der Waals surface area (Å²) in [7, 11) is 0. The molecule has 0 saturated carbocycles. The van der Waals surface area contributed by atoms with Gasteiger partial charge in [0.2, 0.25) is 5.95 Å². The van der Waals surface area contributed by atoms with Gasteiger partial charge in [0.15, 0.2) is 0 Å². The summed E-state index contributed by atoms with van der Waals surface area (Å²) in [6.45, 7) is 7.48. The number of nitrogens with one attached hydrogen (secondary N) is 1. The summed E-state index contributed by atoms with van der Waals surface area (Å²) in [5.74, 6) is 1.30. The van der Waals surface area contributed by atoms with Gasteiger partial charge in [-0.2, -0.15) is 5.10 Å². The van der Waals surface area contributed by atoms with Crippen molar-refractivity contribution in [2.75, 3.05) is 31.1 Å². The maximum Gasteiger partial charge on any atom is 0.225 e. The molecule has 0 bridgehead atoms. The SMILES string of the molecule is Cc1cccc(CN2CCC[C@H](c3[nH]ncc3-c3ccnc(N4CCCC4)n3)C2)c1. The highest BCUT2D eigenvalue weighted by atomic mass is 15.3. The number of likely N-dealkylation sites (tertiary alicyclic amines) is 1. The first-order chi connectivity index (χ1) is 14.8. The Kier molecular flexibility index (Phi) is 5.49. The molecule has 0 unspecified atom stereocenters. The molecule has 6 heteroatoms. The van der Waals surface area contributed by atoms with E-state index in [-0.39, 0.29) is 0 Å². The van der Waals surface area contributed by atoms with E-state index in [1.807, 2.05) is 18.5 Å². The normalized spacial score (nSPS) is 20.0. The van der Waals surface area contributed by atoms with Crippen molar-refractivity contribution in [3.05, 3.63) is 59.5 Å². The Morgan fingerprint density at radius 1 is 1.10 bits per heavy atom. The first-order valence-corrected chi connectivity index (χ1v) is 11.2. The Morgan fingerprint density at radius 2 is 2.00 bits per heavy atom. The van der Waals surface area contributed by atoms with Crippen molar-refractivity contribution in [3.63, 3.8) is 0 Å². The van der Waals surface area contributed by atoms with E-state index in [9.17, 15) is 0 Å². The minimum atomic E-state index is 0.450. The van der Waals surface area contributed by atoms with Gasteiger partial charge in [-0.1, -0.05) is 29.8 Å². The van der Waals surface area contributed by atoms with Crippen molar-refractivity contribution in [3.8, 4) is 11.3 Å². The van der Waals surface area contributed by atoms with E-state index in [1.54, 1.807) is 0 Å². The van der Waals surface area contributed by atoms with Gasteiger partial charge < -0.3 is 4.90 Å². The molecule has 0 radical (unpaired) electrons. The number of aromatic amines is 1. The third-order valence-corrected chi connectivity index (χ3v) is 6.38. The Labute approximate surface area is 178 Å². The first kappa shape index (κ1) is 19.2. The zero-order chi connectivity index (χ0) is 20.3. The van der Waals surface area contributed by atoms with Crippen molar-refractivity contribution in [2.45, 2.75) is 45.1 Å². The van der Waals surface area contributed by atoms with Crippen LogP contribution in [0.5, 0.6) is 0 Å². The Morgan fingerprint density at radius 3 is 2.87 bits per heavy atom. The van der Waals surface area contributed by atoms with E-state index in [0.717, 1.165) is 49.9 Å². The number of anilines is 1. The van der Waals surface area contributed by atoms with Crippen LogP contribution in [-0.4, -0.2) is 51.2 Å². The highest BCUT2D eigenvalue weighted by Crippen LogP contribution is 2.33. The average Bonchev–Trinajstić information content (AvgIpc) is 3.47. The molecule has 4 heterocycles. The Bertz CT molecular complexity index is 991. The van der Waals surface area contributed by atoms with Crippen LogP contribution in [-0.2, 0) is 6.54 Å². The maximum absolute atomic E-state index is 4.89. The molecule has 156 valence electrons. The molecule has 1 aromatic carbocycles. The van der Waals surface area contributed by atoms with Gasteiger partial charge in [-0.25, -0.2) is 9.97 Å². The van der Waals surface area contributed by atoms with Crippen LogP contribution in [0.2, 0.25) is 0 Å². The molecule has 2 aromatic heterocycles. The predicted octanol–water partition coefficient (Wildman–Crippen LogP) is 4.15. The number of H-pyrrole nitrogens is 1. The molecule has 1 N–H and O–H groups in total. The zero-order valence-electron chi connectivity index (χ0n) is 17.7. The van der Waals surface area contributed by atoms with Crippen molar-refractivity contribution < 1.29 is 0 Å². The molecule has 0 amide bonds. The van der Waals surface area contributed by atoms with Gasteiger partial charge in [0, 0.05) is 49.6 Å². The third-order valence-electron chi connectivity index (χ3n) is 6.38. The summed E-state index contributed by atoms with van der Waals surface area (Å²) < 4.78 is 0. The summed E-state index contributed by atoms with van der Waals surface area (Å²) in [5, 5.41) is 7.71. The maximum atomic E-state index is 4.89. The lowest BCUT2D eigenvalue weighted by Crippen LogP contribution is -2.34. The lowest BCUT2D eigenvalue weighted by molar-refractivity contribution is 0.198. The molecule has 2 saturated heterocycles. The van der Waals surface area contributed by atoms with E-state index < -0.39 is 0 Å². The summed E-state index contributed by atoms with van der Waals surface area (Å²) in [6.07, 6.45) is 8.66. The van der Waals surface area contributed by atoms with Gasteiger partial charge in [0.1, 0.15) is 0 Å². The number of hydrogen-bond donors (Lipinski definition) is 1. The molecule has 2 aliphatic heterocycles. The van der Waals surface area contributed by atoms with E-state index in [4.69, 9.17) is 4.98 Å². The van der Waals surface area contributed by atoms with Crippen LogP contribution in [0.15, 0.2) is 42.7 Å². The van der Waals surface area contributed by atoms with Crippen LogP contribution in [0.1, 0.15) is 48.4 Å². The number of piperidine rings is 1. The van der Waals surface area contributed by atoms with E-state index in [1.165, 1.54) is 42.5 Å². The van der Waals surface area contributed by atoms with Crippen LogP contribution >= 0.6 is 0 Å². The summed E-state index contributed by atoms with van der Waals surface area (Å²) in [6, 6.07) is 10.9. The standard InChI is InChI=1S/C24H30N6/c1-18-6-4-7-19(14-18)16-29-11-5-8-20(17-29)23-21(15-26-28-23)22-9-10-25-24(27-22)30-12-2-3-13-30/h4,6-7,9-10,14-15,20H,2-3,5,8,11-13,16-17H2,1H3,(H,26,28)/t20-/m0/s1. The topological polar surface area (TPSA) is 60.9 Å². The molecule has 2 aliphatic rings. The van der Waals surface area contributed by atoms with Crippen LogP contribution in [0, 0.1) is 6.92 Å².